The molecule has 5 nitrogen and oxygen atoms in total. The number of hydrogen-bond acceptors (Lipinski definition) is 3. The van der Waals surface area contributed by atoms with Crippen LogP contribution in [0.4, 0.5) is 17.1 Å². The van der Waals surface area contributed by atoms with Crippen molar-refractivity contribution in [3.05, 3.63) is 54.1 Å². The van der Waals surface area contributed by atoms with E-state index in [0.717, 1.165) is 23.5 Å². The molecule has 2 amide bonds. The molecular weight excluding hydrogens is 326 g/mol. The number of carbonyl (C=O) groups excluding carboxylic acids is 2. The van der Waals surface area contributed by atoms with Crippen molar-refractivity contribution in [2.75, 3.05) is 35.8 Å². The van der Waals surface area contributed by atoms with Crippen LogP contribution in [-0.2, 0) is 16.0 Å². The van der Waals surface area contributed by atoms with Crippen molar-refractivity contribution >= 4 is 28.9 Å². The van der Waals surface area contributed by atoms with Gasteiger partial charge in [-0.3, -0.25) is 9.59 Å². The first-order valence-corrected chi connectivity index (χ1v) is 9.00. The van der Waals surface area contributed by atoms with Crippen molar-refractivity contribution in [3.8, 4) is 0 Å². The molecule has 1 aliphatic heterocycles. The van der Waals surface area contributed by atoms with E-state index >= 15 is 0 Å². The lowest BCUT2D eigenvalue weighted by Crippen LogP contribution is -2.42. The minimum Gasteiger partial charge on any atom is -0.378 e. The molecule has 1 N–H and O–H groups in total. The molecule has 1 aliphatic carbocycles. The molecule has 2 aromatic rings. The van der Waals surface area contributed by atoms with Gasteiger partial charge in [0, 0.05) is 37.7 Å². The van der Waals surface area contributed by atoms with Gasteiger partial charge in [0.05, 0.1) is 0 Å². The molecule has 2 aliphatic rings. The van der Waals surface area contributed by atoms with Gasteiger partial charge < -0.3 is 15.1 Å². The number of anilines is 3. The second kappa shape index (κ2) is 6.16. The second-order valence-corrected chi connectivity index (χ2v) is 7.31. The highest BCUT2D eigenvalue weighted by atomic mass is 16.2. The molecule has 2 aromatic carbocycles. The highest BCUT2D eigenvalue weighted by molar-refractivity contribution is 6.18. The van der Waals surface area contributed by atoms with Gasteiger partial charge in [-0.1, -0.05) is 18.2 Å². The summed E-state index contributed by atoms with van der Waals surface area (Å²) in [6.45, 7) is 0.657. The van der Waals surface area contributed by atoms with Crippen molar-refractivity contribution in [1.29, 1.82) is 0 Å². The van der Waals surface area contributed by atoms with Gasteiger partial charge >= 0.3 is 0 Å². The Bertz CT molecular complexity index is 854. The largest absolute Gasteiger partial charge is 0.378 e. The summed E-state index contributed by atoms with van der Waals surface area (Å²) in [6, 6.07) is 15.6. The van der Waals surface area contributed by atoms with Crippen molar-refractivity contribution in [2.45, 2.75) is 19.3 Å². The van der Waals surface area contributed by atoms with Crippen molar-refractivity contribution in [3.63, 3.8) is 0 Å². The smallest absolute Gasteiger partial charge is 0.242 e. The maximum atomic E-state index is 13.1. The monoisotopic (exact) mass is 349 g/mol. The van der Waals surface area contributed by atoms with Crippen LogP contribution in [0, 0.1) is 5.41 Å². The fourth-order valence-corrected chi connectivity index (χ4v) is 3.56. The molecule has 1 saturated carbocycles. The van der Waals surface area contributed by atoms with Crippen LogP contribution in [0.2, 0.25) is 0 Å². The van der Waals surface area contributed by atoms with Crippen LogP contribution in [0.3, 0.4) is 0 Å². The summed E-state index contributed by atoms with van der Waals surface area (Å²) in [5.41, 5.74) is 3.01. The first-order chi connectivity index (χ1) is 12.5. The molecule has 0 bridgehead atoms. The van der Waals surface area contributed by atoms with E-state index in [0.29, 0.717) is 19.4 Å². The standard InChI is InChI=1S/C21H23N3O2/c1-23(2)17-9-7-16(8-10-17)22-19(25)21(12-13-21)20(26)24-14-11-15-5-3-4-6-18(15)24/h3-10H,11-14H2,1-2H3,(H,22,25). The van der Waals surface area contributed by atoms with Crippen LogP contribution in [-0.4, -0.2) is 32.5 Å². The van der Waals surface area contributed by atoms with Crippen molar-refractivity contribution in [1.82, 2.24) is 0 Å². The third-order valence-electron chi connectivity index (χ3n) is 5.37. The first kappa shape index (κ1) is 16.6. The molecule has 134 valence electrons. The van der Waals surface area contributed by atoms with Gasteiger partial charge in [0.2, 0.25) is 11.8 Å². The van der Waals surface area contributed by atoms with E-state index in [1.165, 1.54) is 5.56 Å². The maximum absolute atomic E-state index is 13.1. The molecule has 0 unspecified atom stereocenters. The third-order valence-corrected chi connectivity index (χ3v) is 5.37. The van der Waals surface area contributed by atoms with Crippen molar-refractivity contribution < 1.29 is 9.59 Å². The van der Waals surface area contributed by atoms with E-state index in [2.05, 4.69) is 11.4 Å². The maximum Gasteiger partial charge on any atom is 0.242 e. The zero-order chi connectivity index (χ0) is 18.3. The molecule has 26 heavy (non-hydrogen) atoms. The molecular formula is C21H23N3O2. The minimum absolute atomic E-state index is 0.0649. The van der Waals surface area contributed by atoms with Crippen LogP contribution in [0.25, 0.3) is 0 Å². The summed E-state index contributed by atoms with van der Waals surface area (Å²) in [5.74, 6) is -0.255. The van der Waals surface area contributed by atoms with Crippen LogP contribution >= 0.6 is 0 Å². The summed E-state index contributed by atoms with van der Waals surface area (Å²) in [4.78, 5) is 29.8. The predicted octanol–water partition coefficient (Wildman–Crippen LogP) is 3.06. The lowest BCUT2D eigenvalue weighted by atomic mass is 10.0. The molecule has 0 aromatic heterocycles. The Morgan fingerprint density at radius 3 is 2.38 bits per heavy atom. The summed E-state index contributed by atoms with van der Waals surface area (Å²) >= 11 is 0. The highest BCUT2D eigenvalue weighted by Crippen LogP contribution is 2.49. The number of nitrogens with zero attached hydrogens (tertiary/aromatic N) is 2. The van der Waals surface area contributed by atoms with Crippen LogP contribution < -0.4 is 15.1 Å². The Morgan fingerprint density at radius 2 is 1.73 bits per heavy atom. The molecule has 1 fully saturated rings. The number of hydrogen-bond donors (Lipinski definition) is 1. The Morgan fingerprint density at radius 1 is 1.04 bits per heavy atom. The predicted molar refractivity (Wildman–Crippen MR) is 104 cm³/mol. The Hall–Kier alpha value is -2.82. The van der Waals surface area contributed by atoms with E-state index in [-0.39, 0.29) is 11.8 Å². The number of para-hydroxylation sites is 1. The number of nitrogens with one attached hydrogen (secondary N) is 1. The number of rotatable bonds is 4. The van der Waals surface area contributed by atoms with Gasteiger partial charge in [-0.15, -0.1) is 0 Å². The quantitative estimate of drug-likeness (QED) is 0.863. The number of amides is 2. The number of benzene rings is 2. The minimum atomic E-state index is -0.905. The summed E-state index contributed by atoms with van der Waals surface area (Å²) in [5, 5.41) is 2.93. The topological polar surface area (TPSA) is 52.7 Å². The van der Waals surface area contributed by atoms with E-state index in [4.69, 9.17) is 0 Å². The zero-order valence-corrected chi connectivity index (χ0v) is 15.2. The van der Waals surface area contributed by atoms with Gasteiger partial charge in [-0.2, -0.15) is 0 Å². The van der Waals surface area contributed by atoms with E-state index < -0.39 is 5.41 Å². The molecule has 0 radical (unpaired) electrons. The fraction of sp³-hybridized carbons (Fsp3) is 0.333. The Kier molecular flexibility index (Phi) is 3.94. The van der Waals surface area contributed by atoms with Gasteiger partial charge in [-0.25, -0.2) is 0 Å². The number of carbonyl (C=O) groups is 2. The summed E-state index contributed by atoms with van der Waals surface area (Å²) in [6.07, 6.45) is 2.09. The van der Waals surface area contributed by atoms with Crippen LogP contribution in [0.1, 0.15) is 18.4 Å². The molecule has 4 rings (SSSR count). The normalized spacial score (nSPS) is 16.8. The van der Waals surface area contributed by atoms with Gasteiger partial charge in [0.15, 0.2) is 0 Å². The zero-order valence-electron chi connectivity index (χ0n) is 15.2. The van der Waals surface area contributed by atoms with Gasteiger partial charge in [0.25, 0.3) is 0 Å². The summed E-state index contributed by atoms with van der Waals surface area (Å²) in [7, 11) is 3.94. The van der Waals surface area contributed by atoms with Crippen LogP contribution in [0.5, 0.6) is 0 Å². The SMILES string of the molecule is CN(C)c1ccc(NC(=O)C2(C(=O)N3CCc4ccccc43)CC2)cc1. The fourth-order valence-electron chi connectivity index (χ4n) is 3.56. The molecule has 1 heterocycles. The molecule has 0 spiro atoms. The average Bonchev–Trinajstić information content (AvgIpc) is 3.35. The molecule has 5 heteroatoms. The summed E-state index contributed by atoms with van der Waals surface area (Å²) < 4.78 is 0. The van der Waals surface area contributed by atoms with Crippen molar-refractivity contribution in [2.24, 2.45) is 5.41 Å². The van der Waals surface area contributed by atoms with Crippen LogP contribution in [0.15, 0.2) is 48.5 Å². The first-order valence-electron chi connectivity index (χ1n) is 9.00. The Labute approximate surface area is 153 Å². The van der Waals surface area contributed by atoms with E-state index in [1.54, 1.807) is 4.90 Å². The van der Waals surface area contributed by atoms with E-state index in [9.17, 15) is 9.59 Å². The Balaban J connectivity index is 1.50. The lowest BCUT2D eigenvalue weighted by molar-refractivity contribution is -0.132. The van der Waals surface area contributed by atoms with Gasteiger partial charge in [-0.05, 0) is 55.2 Å². The lowest BCUT2D eigenvalue weighted by Gasteiger charge is -2.23. The highest BCUT2D eigenvalue weighted by Gasteiger charge is 2.58. The second-order valence-electron chi connectivity index (χ2n) is 7.31. The number of fused-ring (bicyclic) bond motifs is 1. The molecule has 0 saturated heterocycles. The third kappa shape index (κ3) is 2.73. The molecule has 0 atom stereocenters. The average molecular weight is 349 g/mol. The van der Waals surface area contributed by atoms with E-state index in [1.807, 2.05) is 61.5 Å². The van der Waals surface area contributed by atoms with Gasteiger partial charge in [0.1, 0.15) is 5.41 Å².